The number of hydrogen-bond acceptors (Lipinski definition) is 6. The van der Waals surface area contributed by atoms with Crippen LogP contribution in [0.25, 0.3) is 5.69 Å². The van der Waals surface area contributed by atoms with Gasteiger partial charge >= 0.3 is 0 Å². The van der Waals surface area contributed by atoms with Crippen molar-refractivity contribution in [3.63, 3.8) is 0 Å². The summed E-state index contributed by atoms with van der Waals surface area (Å²) in [5.74, 6) is 0.221. The fraction of sp³-hybridized carbons (Fsp3) is 0.375. The van der Waals surface area contributed by atoms with E-state index in [0.717, 1.165) is 56.2 Å². The van der Waals surface area contributed by atoms with E-state index in [-0.39, 0.29) is 11.7 Å². The van der Waals surface area contributed by atoms with Crippen molar-refractivity contribution in [3.05, 3.63) is 60.4 Å². The Hall–Kier alpha value is -2.84. The Bertz CT molecular complexity index is 1040. The first-order valence-electron chi connectivity index (χ1n) is 11.2. The zero-order valence-corrected chi connectivity index (χ0v) is 19.5. The number of nitrogens with zero attached hydrogens (tertiary/aromatic N) is 5. The number of amides is 1. The predicted octanol–water partition coefficient (Wildman–Crippen LogP) is 3.70. The van der Waals surface area contributed by atoms with E-state index >= 15 is 0 Å². The Kier molecular flexibility index (Phi) is 7.44. The molecule has 1 saturated heterocycles. The monoisotopic (exact) mass is 450 g/mol. The molecule has 0 radical (unpaired) electrons. The number of piperazine rings is 1. The van der Waals surface area contributed by atoms with Crippen LogP contribution in [-0.4, -0.2) is 64.0 Å². The molecule has 0 spiro atoms. The van der Waals surface area contributed by atoms with Gasteiger partial charge in [0.15, 0.2) is 5.16 Å². The first kappa shape index (κ1) is 22.4. The molecule has 0 aliphatic carbocycles. The molecule has 1 fully saturated rings. The minimum atomic E-state index is -0.0482. The average molecular weight is 451 g/mol. The summed E-state index contributed by atoms with van der Waals surface area (Å²) in [6.07, 6.45) is 2.63. The van der Waals surface area contributed by atoms with Crippen molar-refractivity contribution in [1.82, 2.24) is 19.7 Å². The second-order valence-corrected chi connectivity index (χ2v) is 8.68. The highest BCUT2D eigenvalue weighted by molar-refractivity contribution is 7.99. The average Bonchev–Trinajstić information content (AvgIpc) is 3.31. The minimum absolute atomic E-state index is 0.0482. The van der Waals surface area contributed by atoms with Gasteiger partial charge in [-0.3, -0.25) is 9.36 Å². The molecule has 1 N–H and O–H groups in total. The zero-order chi connectivity index (χ0) is 22.3. The van der Waals surface area contributed by atoms with Crippen molar-refractivity contribution >= 4 is 29.0 Å². The van der Waals surface area contributed by atoms with Crippen molar-refractivity contribution in [3.8, 4) is 5.69 Å². The number of aromatic nitrogens is 3. The van der Waals surface area contributed by atoms with Crippen molar-refractivity contribution in [2.75, 3.05) is 48.7 Å². The number of para-hydroxylation sites is 3. The molecule has 4 rings (SSSR count). The summed E-state index contributed by atoms with van der Waals surface area (Å²) in [6.45, 7) is 9.43. The number of nitrogens with one attached hydrogen (secondary N) is 1. The maximum atomic E-state index is 12.8. The smallest absolute Gasteiger partial charge is 0.234 e. The molecule has 0 atom stereocenters. The highest BCUT2D eigenvalue weighted by Gasteiger charge is 2.19. The van der Waals surface area contributed by atoms with E-state index < -0.39 is 0 Å². The summed E-state index contributed by atoms with van der Waals surface area (Å²) >= 11 is 1.40. The van der Waals surface area contributed by atoms with E-state index in [1.165, 1.54) is 17.3 Å². The number of carbonyl (C=O) groups is 1. The van der Waals surface area contributed by atoms with Crippen LogP contribution >= 0.6 is 11.8 Å². The van der Waals surface area contributed by atoms with Gasteiger partial charge in [-0.1, -0.05) is 55.9 Å². The summed E-state index contributed by atoms with van der Waals surface area (Å²) in [5, 5.41) is 12.1. The van der Waals surface area contributed by atoms with Crippen LogP contribution in [0.2, 0.25) is 0 Å². The van der Waals surface area contributed by atoms with E-state index in [4.69, 9.17) is 0 Å². The summed E-state index contributed by atoms with van der Waals surface area (Å²) in [7, 11) is 0. The van der Waals surface area contributed by atoms with Crippen LogP contribution in [0.1, 0.15) is 19.4 Å². The van der Waals surface area contributed by atoms with Crippen LogP contribution in [0.5, 0.6) is 0 Å². The lowest BCUT2D eigenvalue weighted by Gasteiger charge is -2.36. The van der Waals surface area contributed by atoms with Crippen LogP contribution < -0.4 is 10.2 Å². The highest BCUT2D eigenvalue weighted by atomic mass is 32.2. The number of rotatable bonds is 8. The Morgan fingerprint density at radius 2 is 1.72 bits per heavy atom. The lowest BCUT2D eigenvalue weighted by Crippen LogP contribution is -2.46. The van der Waals surface area contributed by atoms with Crippen LogP contribution in [0.4, 0.5) is 11.4 Å². The minimum Gasteiger partial charge on any atom is -0.367 e. The predicted molar refractivity (Wildman–Crippen MR) is 131 cm³/mol. The molecule has 1 amide bonds. The molecular formula is C24H30N6OS. The molecule has 1 aliphatic rings. The molecule has 32 heavy (non-hydrogen) atoms. The number of likely N-dealkylation sites (N-methyl/N-ethyl adjacent to an activating group) is 1. The molecule has 2 heterocycles. The number of anilines is 2. The SMILES string of the molecule is CCc1ccccc1-n1cnnc1SCC(=O)Nc1ccccc1N1CCN(CC)CC1. The van der Waals surface area contributed by atoms with Gasteiger partial charge in [-0.2, -0.15) is 0 Å². The first-order valence-corrected chi connectivity index (χ1v) is 12.2. The van der Waals surface area contributed by atoms with Gasteiger partial charge in [0, 0.05) is 26.2 Å². The van der Waals surface area contributed by atoms with E-state index in [1.54, 1.807) is 6.33 Å². The number of carbonyl (C=O) groups excluding carboxylic acids is 1. The Balaban J connectivity index is 1.41. The van der Waals surface area contributed by atoms with Gasteiger partial charge in [0.1, 0.15) is 6.33 Å². The molecule has 1 aliphatic heterocycles. The second kappa shape index (κ2) is 10.7. The lowest BCUT2D eigenvalue weighted by molar-refractivity contribution is -0.113. The van der Waals surface area contributed by atoms with E-state index in [9.17, 15) is 4.79 Å². The normalized spacial score (nSPS) is 14.5. The van der Waals surface area contributed by atoms with Gasteiger partial charge in [-0.05, 0) is 36.7 Å². The fourth-order valence-corrected chi connectivity index (χ4v) is 4.73. The van der Waals surface area contributed by atoms with Crippen LogP contribution in [0, 0.1) is 0 Å². The van der Waals surface area contributed by atoms with Gasteiger partial charge in [0.2, 0.25) is 5.91 Å². The van der Waals surface area contributed by atoms with Gasteiger partial charge in [-0.25, -0.2) is 0 Å². The molecule has 8 heteroatoms. The first-order chi connectivity index (χ1) is 15.7. The number of benzene rings is 2. The molecule has 0 saturated carbocycles. The summed E-state index contributed by atoms with van der Waals surface area (Å²) < 4.78 is 1.96. The third kappa shape index (κ3) is 5.14. The van der Waals surface area contributed by atoms with Crippen molar-refractivity contribution < 1.29 is 4.79 Å². The molecule has 1 aromatic heterocycles. The molecule has 2 aromatic carbocycles. The third-order valence-electron chi connectivity index (χ3n) is 5.82. The van der Waals surface area contributed by atoms with Crippen LogP contribution in [-0.2, 0) is 11.2 Å². The quantitative estimate of drug-likeness (QED) is 0.528. The van der Waals surface area contributed by atoms with Gasteiger partial charge < -0.3 is 15.1 Å². The van der Waals surface area contributed by atoms with Gasteiger partial charge in [0.25, 0.3) is 0 Å². The Morgan fingerprint density at radius 3 is 2.47 bits per heavy atom. The molecule has 168 valence electrons. The van der Waals surface area contributed by atoms with Crippen molar-refractivity contribution in [2.24, 2.45) is 0 Å². The Morgan fingerprint density at radius 1 is 1.00 bits per heavy atom. The number of aryl methyl sites for hydroxylation is 1. The van der Waals surface area contributed by atoms with Crippen LogP contribution in [0.15, 0.2) is 60.0 Å². The highest BCUT2D eigenvalue weighted by Crippen LogP contribution is 2.28. The van der Waals surface area contributed by atoms with Gasteiger partial charge in [-0.15, -0.1) is 10.2 Å². The molecule has 0 unspecified atom stereocenters. The number of thioether (sulfide) groups is 1. The van der Waals surface area contributed by atoms with E-state index in [0.29, 0.717) is 5.16 Å². The van der Waals surface area contributed by atoms with Crippen LogP contribution in [0.3, 0.4) is 0 Å². The van der Waals surface area contributed by atoms with Crippen molar-refractivity contribution in [1.29, 1.82) is 0 Å². The largest absolute Gasteiger partial charge is 0.367 e. The number of hydrogen-bond donors (Lipinski definition) is 1. The lowest BCUT2D eigenvalue weighted by atomic mass is 10.1. The molecular weight excluding hydrogens is 420 g/mol. The molecule has 7 nitrogen and oxygen atoms in total. The molecule has 3 aromatic rings. The summed E-state index contributed by atoms with van der Waals surface area (Å²) in [4.78, 5) is 17.6. The van der Waals surface area contributed by atoms with Crippen molar-refractivity contribution in [2.45, 2.75) is 25.4 Å². The standard InChI is InChI=1S/C24H30N6OS/c1-3-19-9-5-7-11-21(19)30-18-25-27-24(30)32-17-23(31)26-20-10-6-8-12-22(20)29-15-13-28(4-2)14-16-29/h5-12,18H,3-4,13-17H2,1-2H3,(H,26,31). The summed E-state index contributed by atoms with van der Waals surface area (Å²) in [5.41, 5.74) is 4.22. The maximum absolute atomic E-state index is 12.8. The van der Waals surface area contributed by atoms with E-state index in [2.05, 4.69) is 57.4 Å². The topological polar surface area (TPSA) is 66.3 Å². The molecule has 0 bridgehead atoms. The van der Waals surface area contributed by atoms with Gasteiger partial charge in [0.05, 0.1) is 22.8 Å². The Labute approximate surface area is 193 Å². The third-order valence-corrected chi connectivity index (χ3v) is 6.76. The fourth-order valence-electron chi connectivity index (χ4n) is 4.01. The van der Waals surface area contributed by atoms with E-state index in [1.807, 2.05) is 34.9 Å². The zero-order valence-electron chi connectivity index (χ0n) is 18.7. The summed E-state index contributed by atoms with van der Waals surface area (Å²) in [6, 6.07) is 16.3. The second-order valence-electron chi connectivity index (χ2n) is 7.74. The maximum Gasteiger partial charge on any atom is 0.234 e.